The number of hydrogen-bond acceptors (Lipinski definition) is 5. The van der Waals surface area contributed by atoms with Crippen LogP contribution in [0.4, 0.5) is 0 Å². The van der Waals surface area contributed by atoms with Crippen LogP contribution in [0.25, 0.3) is 22.3 Å². The highest BCUT2D eigenvalue weighted by atomic mass is 35.5. The van der Waals surface area contributed by atoms with Crippen molar-refractivity contribution in [2.75, 3.05) is 7.11 Å². The molecule has 0 radical (unpaired) electrons. The quantitative estimate of drug-likeness (QED) is 0.241. The van der Waals surface area contributed by atoms with Gasteiger partial charge in [0.15, 0.2) is 5.76 Å². The van der Waals surface area contributed by atoms with Gasteiger partial charge in [0.1, 0.15) is 16.2 Å². The molecule has 10 heteroatoms. The van der Waals surface area contributed by atoms with Crippen molar-refractivity contribution in [1.29, 1.82) is 0 Å². The van der Waals surface area contributed by atoms with Gasteiger partial charge in [-0.1, -0.05) is 34.8 Å². The van der Waals surface area contributed by atoms with Crippen molar-refractivity contribution in [2.24, 2.45) is 5.10 Å². The van der Waals surface area contributed by atoms with Crippen LogP contribution < -0.4 is 9.57 Å². The third-order valence-corrected chi connectivity index (χ3v) is 6.89. The van der Waals surface area contributed by atoms with E-state index in [0.717, 1.165) is 0 Å². The van der Waals surface area contributed by atoms with E-state index < -0.39 is 10.0 Å². The minimum absolute atomic E-state index is 0.0299. The summed E-state index contributed by atoms with van der Waals surface area (Å²) in [5.41, 5.74) is 1.73. The second-order valence-corrected chi connectivity index (χ2v) is 9.51. The van der Waals surface area contributed by atoms with Gasteiger partial charge in [-0.25, -0.2) is 4.83 Å². The van der Waals surface area contributed by atoms with Crippen molar-refractivity contribution in [3.05, 3.63) is 81.3 Å². The number of methoxy groups -OCH3 is 1. The minimum atomic E-state index is -4.07. The number of benzene rings is 3. The van der Waals surface area contributed by atoms with E-state index in [-0.39, 0.29) is 14.9 Å². The Labute approximate surface area is 199 Å². The number of fused-ring (bicyclic) bond motifs is 1. The minimum Gasteiger partial charge on any atom is -0.497 e. The van der Waals surface area contributed by atoms with Gasteiger partial charge in [0.05, 0.1) is 23.4 Å². The first-order valence-electron chi connectivity index (χ1n) is 9.15. The molecule has 0 fully saturated rings. The summed E-state index contributed by atoms with van der Waals surface area (Å²) in [6, 6.07) is 16.6. The van der Waals surface area contributed by atoms with E-state index in [4.69, 9.17) is 44.0 Å². The molecular formula is C22H15Cl3N2O4S. The van der Waals surface area contributed by atoms with Crippen LogP contribution >= 0.6 is 34.8 Å². The van der Waals surface area contributed by atoms with Gasteiger partial charge in [0, 0.05) is 22.0 Å². The summed E-state index contributed by atoms with van der Waals surface area (Å²) >= 11 is 18.7. The first-order valence-corrected chi connectivity index (χ1v) is 11.8. The lowest BCUT2D eigenvalue weighted by Crippen LogP contribution is -2.18. The van der Waals surface area contributed by atoms with Crippen LogP contribution in [0.1, 0.15) is 5.56 Å². The van der Waals surface area contributed by atoms with Crippen LogP contribution in [0.2, 0.25) is 15.1 Å². The van der Waals surface area contributed by atoms with E-state index in [1.807, 2.05) is 0 Å². The molecule has 4 aromatic rings. The summed E-state index contributed by atoms with van der Waals surface area (Å²) in [5.74, 6) is 1.06. The smallest absolute Gasteiger partial charge is 0.278 e. The zero-order valence-corrected chi connectivity index (χ0v) is 19.6. The lowest BCUT2D eigenvalue weighted by Gasteiger charge is -2.06. The van der Waals surface area contributed by atoms with Crippen molar-refractivity contribution in [2.45, 2.75) is 4.90 Å². The number of ether oxygens (including phenoxy) is 1. The van der Waals surface area contributed by atoms with Crippen molar-refractivity contribution in [1.82, 2.24) is 4.83 Å². The molecule has 6 nitrogen and oxygen atoms in total. The van der Waals surface area contributed by atoms with Crippen LogP contribution in [0, 0.1) is 0 Å². The van der Waals surface area contributed by atoms with E-state index in [0.29, 0.717) is 38.6 Å². The molecule has 164 valence electrons. The van der Waals surface area contributed by atoms with Gasteiger partial charge in [-0.3, -0.25) is 0 Å². The molecule has 0 spiro atoms. The third-order valence-electron chi connectivity index (χ3n) is 4.58. The second kappa shape index (κ2) is 9.03. The molecule has 0 aliphatic rings. The first-order chi connectivity index (χ1) is 15.3. The number of hydrogen-bond donors (Lipinski definition) is 1. The molecule has 4 rings (SSSR count). The number of sulfonamides is 1. The summed E-state index contributed by atoms with van der Waals surface area (Å²) in [5, 5.41) is 5.02. The Balaban J connectivity index is 1.65. The number of nitrogens with one attached hydrogen (secondary N) is 1. The lowest BCUT2D eigenvalue weighted by atomic mass is 10.1. The molecule has 0 aliphatic heterocycles. The first kappa shape index (κ1) is 22.5. The van der Waals surface area contributed by atoms with Gasteiger partial charge in [0.25, 0.3) is 10.0 Å². The van der Waals surface area contributed by atoms with E-state index in [1.54, 1.807) is 55.6 Å². The number of nitrogens with zero attached hydrogens (tertiary/aromatic N) is 1. The highest BCUT2D eigenvalue weighted by Crippen LogP contribution is 2.40. The standard InChI is InChI=1S/C22H15Cl3N2O4S/c1-30-16-8-2-13(3-9-16)12-26-27-32(28,29)20-10-17-19(11-18(20)24)31-22(21(17)25)14-4-6-15(23)7-5-14/h2-12,27H,1H3/b26-12-. The number of rotatable bonds is 6. The molecule has 32 heavy (non-hydrogen) atoms. The Bertz CT molecular complexity index is 1410. The summed E-state index contributed by atoms with van der Waals surface area (Å²) in [6.45, 7) is 0. The van der Waals surface area contributed by atoms with Crippen LogP contribution in [0.3, 0.4) is 0 Å². The van der Waals surface area contributed by atoms with Gasteiger partial charge in [-0.2, -0.15) is 13.5 Å². The Hall–Kier alpha value is -2.71. The van der Waals surface area contributed by atoms with Gasteiger partial charge in [0.2, 0.25) is 0 Å². The van der Waals surface area contributed by atoms with Gasteiger partial charge in [-0.05, 0) is 60.2 Å². The highest BCUT2D eigenvalue weighted by Gasteiger charge is 2.22. The maximum absolute atomic E-state index is 12.8. The number of furan rings is 1. The molecule has 0 unspecified atom stereocenters. The maximum atomic E-state index is 12.8. The van der Waals surface area contributed by atoms with E-state index >= 15 is 0 Å². The monoisotopic (exact) mass is 508 g/mol. The van der Waals surface area contributed by atoms with Crippen molar-refractivity contribution in [3.63, 3.8) is 0 Å². The fourth-order valence-corrected chi connectivity index (χ4v) is 4.73. The predicted molar refractivity (Wildman–Crippen MR) is 128 cm³/mol. The van der Waals surface area contributed by atoms with Gasteiger partial charge in [-0.15, -0.1) is 0 Å². The second-order valence-electron chi connectivity index (χ2n) is 6.66. The maximum Gasteiger partial charge on any atom is 0.278 e. The average Bonchev–Trinajstić information content (AvgIpc) is 3.09. The zero-order chi connectivity index (χ0) is 22.9. The molecule has 0 saturated heterocycles. The van der Waals surface area contributed by atoms with Gasteiger partial charge >= 0.3 is 0 Å². The molecule has 0 saturated carbocycles. The third kappa shape index (κ3) is 4.56. The van der Waals surface area contributed by atoms with Crippen molar-refractivity contribution < 1.29 is 17.6 Å². The Kier molecular flexibility index (Phi) is 6.35. The molecule has 1 heterocycles. The summed E-state index contributed by atoms with van der Waals surface area (Å²) in [6.07, 6.45) is 1.37. The molecular weight excluding hydrogens is 495 g/mol. The van der Waals surface area contributed by atoms with Crippen LogP contribution in [0.5, 0.6) is 5.75 Å². The molecule has 0 atom stereocenters. The van der Waals surface area contributed by atoms with E-state index in [2.05, 4.69) is 9.93 Å². The van der Waals surface area contributed by atoms with Crippen LogP contribution in [-0.4, -0.2) is 21.7 Å². The fourth-order valence-electron chi connectivity index (χ4n) is 2.97. The molecule has 0 aliphatic carbocycles. The summed E-state index contributed by atoms with van der Waals surface area (Å²) in [7, 11) is -2.51. The van der Waals surface area contributed by atoms with Gasteiger partial charge < -0.3 is 9.15 Å². The fraction of sp³-hybridized carbons (Fsp3) is 0.0455. The largest absolute Gasteiger partial charge is 0.497 e. The summed E-state index contributed by atoms with van der Waals surface area (Å²) in [4.78, 5) is 1.98. The molecule has 3 aromatic carbocycles. The van der Waals surface area contributed by atoms with E-state index in [1.165, 1.54) is 18.3 Å². The SMILES string of the molecule is COc1ccc(/C=N\NS(=O)(=O)c2cc3c(Cl)c(-c4ccc(Cl)cc4)oc3cc2Cl)cc1. The normalized spacial score (nSPS) is 11.9. The Morgan fingerprint density at radius 3 is 2.34 bits per heavy atom. The van der Waals surface area contributed by atoms with Crippen LogP contribution in [0.15, 0.2) is 75.1 Å². The molecule has 1 aromatic heterocycles. The van der Waals surface area contributed by atoms with Crippen LogP contribution in [-0.2, 0) is 10.0 Å². The number of hydrazone groups is 1. The number of halogens is 3. The Morgan fingerprint density at radius 1 is 1.00 bits per heavy atom. The van der Waals surface area contributed by atoms with E-state index in [9.17, 15) is 8.42 Å². The molecule has 1 N–H and O–H groups in total. The predicted octanol–water partition coefficient (Wildman–Crippen LogP) is 6.38. The van der Waals surface area contributed by atoms with Crippen molar-refractivity contribution in [3.8, 4) is 17.1 Å². The Morgan fingerprint density at radius 2 is 1.69 bits per heavy atom. The lowest BCUT2D eigenvalue weighted by molar-refractivity contribution is 0.415. The molecule has 0 bridgehead atoms. The summed E-state index contributed by atoms with van der Waals surface area (Å²) < 4.78 is 36.5. The highest BCUT2D eigenvalue weighted by molar-refractivity contribution is 7.89. The van der Waals surface area contributed by atoms with Crippen molar-refractivity contribution >= 4 is 62.0 Å². The molecule has 0 amide bonds. The topological polar surface area (TPSA) is 80.9 Å². The zero-order valence-electron chi connectivity index (χ0n) is 16.5. The average molecular weight is 510 g/mol.